The van der Waals surface area contributed by atoms with E-state index in [2.05, 4.69) is 197 Å². The summed E-state index contributed by atoms with van der Waals surface area (Å²) in [5, 5.41) is 80.8. The van der Waals surface area contributed by atoms with E-state index in [0.29, 0.717) is 48.8 Å². The van der Waals surface area contributed by atoms with Gasteiger partial charge in [-0.1, -0.05) is 43.2 Å². The maximum Gasteiger partial charge on any atom is 0.232 e. The Morgan fingerprint density at radius 1 is 0.278 bits per heavy atom. The molecule has 6 saturated heterocycles. The van der Waals surface area contributed by atoms with Crippen LogP contribution in [0.2, 0.25) is 0 Å². The summed E-state index contributed by atoms with van der Waals surface area (Å²) < 4.78 is 0. The van der Waals surface area contributed by atoms with E-state index in [9.17, 15) is 10.4 Å². The lowest BCUT2D eigenvalue weighted by Gasteiger charge is -2.50. The Bertz CT molecular complexity index is 2390. The number of nitrogens with one attached hydrogen (secondary N) is 4. The normalized spacial score (nSPS) is 27.5. The first-order chi connectivity index (χ1) is 40.9. The van der Waals surface area contributed by atoms with Crippen molar-refractivity contribution in [1.29, 1.82) is 0 Å². The van der Waals surface area contributed by atoms with Gasteiger partial charge in [0.05, 0.1) is 66.5 Å². The third kappa shape index (κ3) is 15.7. The van der Waals surface area contributed by atoms with Gasteiger partial charge in [-0.15, -0.1) is 0 Å². The SMILES string of the molecule is CC1(C)CC(Nc2nc(NC3CC(C)(C)N([OH2+])C(C)(C)C3)nc(N(CCCCCCN(c3nc(NC4CC(C)(C)N([OH2+])C(C)(C)C4)nc(NC4CC(C)(C)N([OH2+])C(C)(C)C4)n3)C3CC(C)(C)N([OH2+])C(C)(C)C3)C3CC(C)(C)N([OH2+])C(C)(C)C3)n2)CC(C)(C)N1[OH2+]. The molecule has 0 unspecified atom stereocenters. The van der Waals surface area contributed by atoms with Crippen molar-refractivity contribution in [3.63, 3.8) is 0 Å². The molecule has 514 valence electrons. The minimum Gasteiger partial charge on any atom is -0.351 e. The number of hydroxylamine groups is 12. The molecule has 0 bridgehead atoms. The van der Waals surface area contributed by atoms with Crippen molar-refractivity contribution in [1.82, 2.24) is 60.3 Å². The van der Waals surface area contributed by atoms with Gasteiger partial charge in [0.25, 0.3) is 0 Å². The third-order valence-electron chi connectivity index (χ3n) is 21.7. The molecule has 24 heteroatoms. The van der Waals surface area contributed by atoms with E-state index < -0.39 is 22.2 Å². The molecule has 0 aromatic carbocycles. The number of piperidine rings is 6. The Labute approximate surface area is 540 Å². The summed E-state index contributed by atoms with van der Waals surface area (Å²) in [6.45, 7) is 53.2. The second-order valence-corrected chi connectivity index (χ2v) is 36.3. The zero-order chi connectivity index (χ0) is 67.3. The fraction of sp³-hybridized carbons (Fsp3) is 0.909. The molecule has 0 amide bonds. The van der Waals surface area contributed by atoms with Crippen molar-refractivity contribution in [3.8, 4) is 0 Å². The summed E-state index contributed by atoms with van der Waals surface area (Å²) in [6, 6.07) is 0.118. The van der Waals surface area contributed by atoms with Gasteiger partial charge in [0, 0.05) is 49.3 Å². The van der Waals surface area contributed by atoms with Gasteiger partial charge in [-0.25, -0.2) is 0 Å². The number of hydrogen-bond acceptors (Lipinski definition) is 18. The molecule has 6 aliphatic rings. The summed E-state index contributed by atoms with van der Waals surface area (Å²) in [5.41, 5.74) is -4.76. The average Bonchev–Trinajstić information content (AvgIpc) is 0.802. The van der Waals surface area contributed by atoms with Gasteiger partial charge in [0.2, 0.25) is 35.7 Å². The van der Waals surface area contributed by atoms with Gasteiger partial charge in [0.1, 0.15) is 0 Å². The lowest BCUT2D eigenvalue weighted by Crippen LogP contribution is -2.63. The van der Waals surface area contributed by atoms with E-state index >= 15 is 0 Å². The van der Waals surface area contributed by atoms with Crippen molar-refractivity contribution < 1.29 is 31.2 Å². The van der Waals surface area contributed by atoms with Gasteiger partial charge in [-0.2, -0.15) is 29.9 Å². The van der Waals surface area contributed by atoms with Crippen LogP contribution in [-0.2, 0) is 0 Å². The lowest BCUT2D eigenvalue weighted by molar-refractivity contribution is -0.244. The second-order valence-electron chi connectivity index (χ2n) is 36.3. The van der Waals surface area contributed by atoms with Gasteiger partial charge in [0.15, 0.2) is 0 Å². The first kappa shape index (κ1) is 72.2. The van der Waals surface area contributed by atoms with Crippen LogP contribution in [0.15, 0.2) is 0 Å². The van der Waals surface area contributed by atoms with E-state index in [1.807, 2.05) is 0 Å². The first-order valence-electron chi connectivity index (χ1n) is 34.1. The van der Waals surface area contributed by atoms with Gasteiger partial charge >= 0.3 is 0 Å². The fourth-order valence-electron chi connectivity index (χ4n) is 18.2. The summed E-state index contributed by atoms with van der Waals surface area (Å²) >= 11 is 0. The highest BCUT2D eigenvalue weighted by atomic mass is 16.5. The Kier molecular flexibility index (Phi) is 19.9. The molecule has 16 N–H and O–H groups in total. The molecule has 0 spiro atoms. The van der Waals surface area contributed by atoms with Gasteiger partial charge in [-0.3, -0.25) is 0 Å². The highest BCUT2D eigenvalue weighted by Crippen LogP contribution is 2.46. The number of unbranched alkanes of at least 4 members (excludes halogenated alkanes) is 3. The highest BCUT2D eigenvalue weighted by Gasteiger charge is 2.55. The molecule has 0 atom stereocenters. The third-order valence-corrected chi connectivity index (χ3v) is 21.7. The van der Waals surface area contributed by atoms with Crippen LogP contribution in [0.1, 0.15) is 269 Å². The standard InChI is InChI=1S/C66H124N18O6/c1-55(2)31-43(32-56(3,4)79(55)85)67-49-71-50(68-44-33-57(5,6)80(86)58(7,8)34-44)74-53(73-49)77(47-39-63(17,18)83(89)64(19,20)40-47)29-27-25-26-28-30-78(48-41-65(21,22)84(90)66(23,24)42-48)54-75-51(69-45-35-59(9,10)81(87)60(11,12)36-45)72-52(76-54)70-46-37-61(13,14)82(88)62(15,16)38-46/h43-48,85-90H,25-42H2,1-24H3,(H2,67,68,71,73,74)(H2,69,70,72,75,76)/p+6. The van der Waals surface area contributed by atoms with Crippen molar-refractivity contribution in [2.24, 2.45) is 0 Å². The molecule has 90 heavy (non-hydrogen) atoms. The molecule has 8 heterocycles. The van der Waals surface area contributed by atoms with Crippen molar-refractivity contribution in [2.75, 3.05) is 44.2 Å². The molecule has 2 aromatic rings. The Morgan fingerprint density at radius 2 is 0.444 bits per heavy atom. The minimum absolute atomic E-state index is 0.0149. The maximum atomic E-state index is 9.34. The largest absolute Gasteiger partial charge is 0.351 e. The van der Waals surface area contributed by atoms with Crippen LogP contribution in [0.4, 0.5) is 35.7 Å². The van der Waals surface area contributed by atoms with Crippen molar-refractivity contribution in [3.05, 3.63) is 0 Å². The molecule has 2 aromatic heterocycles. The number of anilines is 6. The first-order valence-corrected chi connectivity index (χ1v) is 34.1. The molecule has 6 aliphatic heterocycles. The minimum atomic E-state index is -0.426. The van der Waals surface area contributed by atoms with Crippen molar-refractivity contribution in [2.45, 2.75) is 372 Å². The van der Waals surface area contributed by atoms with Gasteiger partial charge < -0.3 is 62.3 Å². The Balaban J connectivity index is 1.11. The molecule has 0 saturated carbocycles. The Hall–Kier alpha value is -3.66. The van der Waals surface area contributed by atoms with Crippen LogP contribution in [-0.4, -0.2) is 207 Å². The second kappa shape index (κ2) is 24.8. The Morgan fingerprint density at radius 3 is 0.622 bits per heavy atom. The number of aromatic nitrogens is 6. The topological polar surface area (TPSA) is 289 Å². The highest BCUT2D eigenvalue weighted by molar-refractivity contribution is 5.48. The molecule has 0 aliphatic carbocycles. The van der Waals surface area contributed by atoms with Gasteiger partial charge in [-0.05, 0) is 256 Å². The summed E-state index contributed by atoms with van der Waals surface area (Å²) in [5.74, 6) is 3.31. The lowest BCUT2D eigenvalue weighted by atomic mass is 9.78. The average molecular weight is 1270 g/mol. The molecule has 8 rings (SSSR count). The molecule has 0 radical (unpaired) electrons. The van der Waals surface area contributed by atoms with E-state index in [4.69, 9.17) is 50.7 Å². The smallest absolute Gasteiger partial charge is 0.232 e. The van der Waals surface area contributed by atoms with Crippen LogP contribution >= 0.6 is 0 Å². The van der Waals surface area contributed by atoms with E-state index in [0.717, 1.165) is 103 Å². The summed E-state index contributed by atoms with van der Waals surface area (Å²) in [6.07, 6.45) is 12.6. The fourth-order valence-corrected chi connectivity index (χ4v) is 18.2. The van der Waals surface area contributed by atoms with Crippen LogP contribution < -0.4 is 31.1 Å². The van der Waals surface area contributed by atoms with E-state index in [1.165, 1.54) is 0 Å². The van der Waals surface area contributed by atoms with E-state index in [1.54, 1.807) is 30.4 Å². The predicted molar refractivity (Wildman–Crippen MR) is 367 cm³/mol. The van der Waals surface area contributed by atoms with Crippen molar-refractivity contribution >= 4 is 35.7 Å². The molecular weight excluding hydrogens is 1140 g/mol. The van der Waals surface area contributed by atoms with E-state index in [-0.39, 0.29) is 80.6 Å². The molecule has 6 fully saturated rings. The molecule has 24 nitrogen and oxygen atoms in total. The van der Waals surface area contributed by atoms with Crippen LogP contribution in [0, 0.1) is 0 Å². The number of hydrogen-bond donors (Lipinski definition) is 4. The number of nitrogens with zero attached hydrogens (tertiary/aromatic N) is 14. The number of rotatable bonds is 19. The quantitative estimate of drug-likeness (QED) is 0.0780. The summed E-state index contributed by atoms with van der Waals surface area (Å²) in [4.78, 5) is 36.8. The maximum absolute atomic E-state index is 9.34. The predicted octanol–water partition coefficient (Wildman–Crippen LogP) is 7.54. The van der Waals surface area contributed by atoms with Crippen LogP contribution in [0.25, 0.3) is 0 Å². The van der Waals surface area contributed by atoms with Crippen LogP contribution in [0.5, 0.6) is 0 Å². The zero-order valence-electron chi connectivity index (χ0n) is 60.5. The zero-order valence-corrected chi connectivity index (χ0v) is 60.5. The summed E-state index contributed by atoms with van der Waals surface area (Å²) in [7, 11) is 0. The monoisotopic (exact) mass is 1270 g/mol. The van der Waals surface area contributed by atoms with Crippen LogP contribution in [0.3, 0.4) is 0 Å². The molecular formula is C66H130N18O6+6.